The van der Waals surface area contributed by atoms with Crippen molar-refractivity contribution in [1.29, 1.82) is 0 Å². The third-order valence-corrected chi connectivity index (χ3v) is 4.96. The van der Waals surface area contributed by atoms with Gasteiger partial charge in [0.1, 0.15) is 0 Å². The highest BCUT2D eigenvalue weighted by Gasteiger charge is 2.24. The fraction of sp³-hybridized carbons (Fsp3) is 0.421. The molecule has 1 atom stereocenters. The van der Waals surface area contributed by atoms with Crippen LogP contribution in [0.5, 0.6) is 0 Å². The molecule has 142 valence electrons. The van der Waals surface area contributed by atoms with E-state index in [1.54, 1.807) is 12.1 Å². The fourth-order valence-corrected chi connectivity index (χ4v) is 3.41. The molecule has 1 amide bonds. The summed E-state index contributed by atoms with van der Waals surface area (Å²) in [5, 5.41) is 16.5. The Morgan fingerprint density at radius 2 is 2.26 bits per heavy atom. The molecule has 8 heteroatoms. The number of hydrogen-bond acceptors (Lipinski definition) is 6. The van der Waals surface area contributed by atoms with Crippen LogP contribution in [0.2, 0.25) is 0 Å². The van der Waals surface area contributed by atoms with Crippen molar-refractivity contribution in [1.82, 2.24) is 20.0 Å². The van der Waals surface area contributed by atoms with Gasteiger partial charge in [0.15, 0.2) is 5.76 Å². The molecule has 0 spiro atoms. The van der Waals surface area contributed by atoms with E-state index in [2.05, 4.69) is 20.4 Å². The number of aliphatic hydroxyl groups excluding tert-OH is 1. The van der Waals surface area contributed by atoms with Crippen molar-refractivity contribution in [3.63, 3.8) is 0 Å². The van der Waals surface area contributed by atoms with Crippen molar-refractivity contribution in [2.24, 2.45) is 7.05 Å². The Morgan fingerprint density at radius 3 is 2.96 bits per heavy atom. The Labute approximate surface area is 156 Å². The molecule has 3 aromatic rings. The number of rotatable bonds is 5. The average molecular weight is 369 g/mol. The lowest BCUT2D eigenvalue weighted by Gasteiger charge is -2.16. The molecule has 0 aliphatic carbocycles. The molecule has 0 unspecified atom stereocenters. The van der Waals surface area contributed by atoms with Gasteiger partial charge in [-0.05, 0) is 31.0 Å². The van der Waals surface area contributed by atoms with Crippen molar-refractivity contribution < 1.29 is 14.4 Å². The lowest BCUT2D eigenvalue weighted by atomic mass is 10.2. The van der Waals surface area contributed by atoms with Crippen LogP contribution in [-0.4, -0.2) is 44.9 Å². The van der Waals surface area contributed by atoms with Crippen molar-refractivity contribution in [2.75, 3.05) is 18.0 Å². The van der Waals surface area contributed by atoms with Crippen LogP contribution in [0.1, 0.15) is 35.2 Å². The number of imidazole rings is 1. The number of anilines is 1. The molecule has 3 heterocycles. The summed E-state index contributed by atoms with van der Waals surface area (Å²) in [6, 6.07) is 7.33. The molecular weight excluding hydrogens is 346 g/mol. The predicted octanol–water partition coefficient (Wildman–Crippen LogP) is 1.62. The third kappa shape index (κ3) is 3.40. The number of fused-ring (bicyclic) bond motifs is 1. The van der Waals surface area contributed by atoms with Crippen LogP contribution in [0, 0.1) is 0 Å². The van der Waals surface area contributed by atoms with Crippen LogP contribution >= 0.6 is 0 Å². The molecule has 2 N–H and O–H groups in total. The SMILES string of the molecule is CCc1cc(CNC(=O)c2ccc3c(c2)nc(N2CC[C@H](O)C2)n3C)on1. The number of hydrogen-bond donors (Lipinski definition) is 2. The van der Waals surface area contributed by atoms with Crippen LogP contribution in [0.4, 0.5) is 5.95 Å². The summed E-state index contributed by atoms with van der Waals surface area (Å²) in [6.45, 7) is 3.66. The quantitative estimate of drug-likeness (QED) is 0.710. The number of β-amino-alcohol motifs (C(OH)–C–C–N with tert-alkyl or cyclic N) is 1. The zero-order valence-electron chi connectivity index (χ0n) is 15.5. The minimum atomic E-state index is -0.310. The normalized spacial score (nSPS) is 17.0. The summed E-state index contributed by atoms with van der Waals surface area (Å²) in [7, 11) is 1.95. The molecule has 4 rings (SSSR count). The molecule has 1 fully saturated rings. The summed E-state index contributed by atoms with van der Waals surface area (Å²) >= 11 is 0. The number of aromatic nitrogens is 3. The Balaban J connectivity index is 1.51. The number of aliphatic hydroxyl groups is 1. The van der Waals surface area contributed by atoms with E-state index in [-0.39, 0.29) is 12.0 Å². The predicted molar refractivity (Wildman–Crippen MR) is 101 cm³/mol. The monoisotopic (exact) mass is 369 g/mol. The highest BCUT2D eigenvalue weighted by molar-refractivity contribution is 5.97. The lowest BCUT2D eigenvalue weighted by Crippen LogP contribution is -2.24. The topological polar surface area (TPSA) is 96.4 Å². The van der Waals surface area contributed by atoms with Gasteiger partial charge in [0.05, 0.1) is 29.4 Å². The molecule has 0 bridgehead atoms. The number of nitrogens with one attached hydrogen (secondary N) is 1. The second-order valence-corrected chi connectivity index (χ2v) is 6.88. The fourth-order valence-electron chi connectivity index (χ4n) is 3.41. The second kappa shape index (κ2) is 7.03. The van der Waals surface area contributed by atoms with Crippen LogP contribution in [-0.2, 0) is 20.0 Å². The number of amides is 1. The first-order valence-corrected chi connectivity index (χ1v) is 9.17. The molecule has 2 aromatic heterocycles. The zero-order valence-corrected chi connectivity index (χ0v) is 15.5. The summed E-state index contributed by atoms with van der Waals surface area (Å²) in [5.74, 6) is 1.26. The van der Waals surface area contributed by atoms with Crippen LogP contribution < -0.4 is 10.2 Å². The Bertz CT molecular complexity index is 977. The smallest absolute Gasteiger partial charge is 0.251 e. The van der Waals surface area contributed by atoms with Crippen molar-refractivity contribution in [3.05, 3.63) is 41.3 Å². The molecule has 27 heavy (non-hydrogen) atoms. The maximum Gasteiger partial charge on any atom is 0.251 e. The molecule has 1 aliphatic rings. The maximum absolute atomic E-state index is 12.5. The van der Waals surface area contributed by atoms with Crippen molar-refractivity contribution in [2.45, 2.75) is 32.4 Å². The van der Waals surface area contributed by atoms with Gasteiger partial charge < -0.3 is 24.4 Å². The molecule has 0 saturated carbocycles. The van der Waals surface area contributed by atoms with Crippen molar-refractivity contribution >= 4 is 22.9 Å². The Morgan fingerprint density at radius 1 is 1.41 bits per heavy atom. The summed E-state index contributed by atoms with van der Waals surface area (Å²) in [5.41, 5.74) is 3.12. The van der Waals surface area contributed by atoms with Crippen molar-refractivity contribution in [3.8, 4) is 0 Å². The van der Waals surface area contributed by atoms with Gasteiger partial charge in [0.25, 0.3) is 5.91 Å². The van der Waals surface area contributed by atoms with Gasteiger partial charge in [-0.1, -0.05) is 12.1 Å². The second-order valence-electron chi connectivity index (χ2n) is 6.88. The van der Waals surface area contributed by atoms with Gasteiger partial charge in [0.2, 0.25) is 5.95 Å². The first-order valence-electron chi connectivity index (χ1n) is 9.17. The summed E-state index contributed by atoms with van der Waals surface area (Å²) in [4.78, 5) is 19.2. The first kappa shape index (κ1) is 17.5. The number of carbonyl (C=O) groups excluding carboxylic acids is 1. The summed E-state index contributed by atoms with van der Waals surface area (Å²) in [6.07, 6.45) is 1.23. The molecule has 8 nitrogen and oxygen atoms in total. The molecular formula is C19H23N5O3. The van der Waals surface area contributed by atoms with Gasteiger partial charge in [-0.25, -0.2) is 4.98 Å². The Kier molecular flexibility index (Phi) is 4.57. The van der Waals surface area contributed by atoms with E-state index in [4.69, 9.17) is 4.52 Å². The third-order valence-electron chi connectivity index (χ3n) is 4.96. The van der Waals surface area contributed by atoms with Crippen LogP contribution in [0.3, 0.4) is 0 Å². The molecule has 0 radical (unpaired) electrons. The van der Waals surface area contributed by atoms with E-state index in [1.807, 2.05) is 30.7 Å². The minimum absolute atomic E-state index is 0.185. The molecule has 1 aliphatic heterocycles. The minimum Gasteiger partial charge on any atom is -0.391 e. The first-order chi connectivity index (χ1) is 13.0. The average Bonchev–Trinajstić information content (AvgIpc) is 3.38. The van der Waals surface area contributed by atoms with E-state index in [1.165, 1.54) is 0 Å². The van der Waals surface area contributed by atoms with Gasteiger partial charge in [0, 0.05) is 31.8 Å². The van der Waals surface area contributed by atoms with Gasteiger partial charge in [-0.3, -0.25) is 4.79 Å². The van der Waals surface area contributed by atoms with Crippen LogP contribution in [0.15, 0.2) is 28.8 Å². The number of benzene rings is 1. The summed E-state index contributed by atoms with van der Waals surface area (Å²) < 4.78 is 7.19. The highest BCUT2D eigenvalue weighted by atomic mass is 16.5. The van der Waals surface area contributed by atoms with E-state index < -0.39 is 0 Å². The lowest BCUT2D eigenvalue weighted by molar-refractivity contribution is 0.0947. The van der Waals surface area contributed by atoms with Gasteiger partial charge >= 0.3 is 0 Å². The van der Waals surface area contributed by atoms with E-state index >= 15 is 0 Å². The van der Waals surface area contributed by atoms with E-state index in [0.717, 1.165) is 42.1 Å². The maximum atomic E-state index is 12.5. The van der Waals surface area contributed by atoms with E-state index in [9.17, 15) is 9.90 Å². The zero-order chi connectivity index (χ0) is 19.0. The van der Waals surface area contributed by atoms with Gasteiger partial charge in [-0.2, -0.15) is 0 Å². The number of aryl methyl sites for hydroxylation is 2. The van der Waals surface area contributed by atoms with E-state index in [0.29, 0.717) is 24.4 Å². The largest absolute Gasteiger partial charge is 0.391 e. The highest BCUT2D eigenvalue weighted by Crippen LogP contribution is 2.25. The van der Waals surface area contributed by atoms with Crippen LogP contribution in [0.25, 0.3) is 11.0 Å². The standard InChI is InChI=1S/C19H23N5O3/c1-3-13-9-15(27-22-13)10-20-18(26)12-4-5-17-16(8-12)21-19(23(17)2)24-7-6-14(25)11-24/h4-5,8-9,14,25H,3,6-7,10-11H2,1-2H3,(H,20,26)/t14-/m0/s1. The molecule has 1 saturated heterocycles. The number of nitrogens with zero attached hydrogens (tertiary/aromatic N) is 4. The number of carbonyl (C=O) groups is 1. The van der Waals surface area contributed by atoms with Gasteiger partial charge in [-0.15, -0.1) is 0 Å². The molecule has 1 aromatic carbocycles. The Hall–Kier alpha value is -2.87.